The van der Waals surface area contributed by atoms with E-state index >= 15 is 0 Å². The minimum Gasteiger partial charge on any atom is -0.295 e. The summed E-state index contributed by atoms with van der Waals surface area (Å²) in [5.74, 6) is 2.22. The zero-order valence-corrected chi connectivity index (χ0v) is 13.4. The van der Waals surface area contributed by atoms with E-state index in [2.05, 4.69) is 10.1 Å². The Morgan fingerprint density at radius 3 is 2.90 bits per heavy atom. The number of rotatable bonds is 4. The highest BCUT2D eigenvalue weighted by molar-refractivity contribution is 7.99. The lowest BCUT2D eigenvalue weighted by molar-refractivity contribution is -0.380. The van der Waals surface area contributed by atoms with Crippen molar-refractivity contribution in [3.63, 3.8) is 0 Å². The second-order valence-electron chi connectivity index (χ2n) is 4.28. The molecule has 0 radical (unpaired) electrons. The smallest absolute Gasteiger partial charge is 0.295 e. The van der Waals surface area contributed by atoms with Gasteiger partial charge >= 0.3 is 5.00 Å². The molecule has 0 aromatic carbocycles. The maximum Gasteiger partial charge on any atom is 0.324 e. The van der Waals surface area contributed by atoms with Crippen molar-refractivity contribution in [1.82, 2.24) is 9.99 Å². The Kier molecular flexibility index (Phi) is 4.51. The SMILES string of the molecule is O=[N+]([O-])c1ccc(-c2nc(/C=N\N3CCSCC3)cs2)s1. The molecule has 0 N–H and O–H groups in total. The average Bonchev–Trinajstić information content (AvgIpc) is 3.15. The highest BCUT2D eigenvalue weighted by atomic mass is 32.2. The van der Waals surface area contributed by atoms with Crippen LogP contribution in [-0.2, 0) is 0 Å². The molecule has 0 aliphatic carbocycles. The van der Waals surface area contributed by atoms with Crippen LogP contribution < -0.4 is 0 Å². The molecule has 0 spiro atoms. The minimum absolute atomic E-state index is 0.140. The van der Waals surface area contributed by atoms with E-state index in [1.54, 1.807) is 12.3 Å². The van der Waals surface area contributed by atoms with Crippen LogP contribution >= 0.6 is 34.4 Å². The molecular weight excluding hydrogens is 328 g/mol. The number of thioether (sulfide) groups is 1. The van der Waals surface area contributed by atoms with Crippen molar-refractivity contribution in [2.45, 2.75) is 0 Å². The summed E-state index contributed by atoms with van der Waals surface area (Å²) in [6.07, 6.45) is 1.76. The van der Waals surface area contributed by atoms with Crippen molar-refractivity contribution in [3.8, 4) is 9.88 Å². The van der Waals surface area contributed by atoms with Gasteiger partial charge in [0.2, 0.25) is 0 Å². The van der Waals surface area contributed by atoms with E-state index in [4.69, 9.17) is 0 Å². The molecule has 6 nitrogen and oxygen atoms in total. The van der Waals surface area contributed by atoms with E-state index in [1.165, 1.54) is 17.4 Å². The fourth-order valence-corrected chi connectivity index (χ4v) is 4.36. The van der Waals surface area contributed by atoms with Crippen molar-refractivity contribution in [2.24, 2.45) is 5.10 Å². The van der Waals surface area contributed by atoms with E-state index in [1.807, 2.05) is 22.2 Å². The first-order valence-corrected chi connectivity index (χ1v) is 9.14. The summed E-state index contributed by atoms with van der Waals surface area (Å²) in [6.45, 7) is 1.94. The average molecular weight is 340 g/mol. The van der Waals surface area contributed by atoms with E-state index in [-0.39, 0.29) is 9.92 Å². The third kappa shape index (κ3) is 3.60. The second kappa shape index (κ2) is 6.54. The van der Waals surface area contributed by atoms with Crippen molar-refractivity contribution < 1.29 is 4.92 Å². The number of hydrogen-bond donors (Lipinski definition) is 0. The van der Waals surface area contributed by atoms with Crippen LogP contribution in [0.25, 0.3) is 9.88 Å². The predicted octanol–water partition coefficient (Wildman–Crippen LogP) is 3.16. The van der Waals surface area contributed by atoms with Gasteiger partial charge < -0.3 is 0 Å². The van der Waals surface area contributed by atoms with Crippen LogP contribution in [0.2, 0.25) is 0 Å². The van der Waals surface area contributed by atoms with Crippen molar-refractivity contribution in [3.05, 3.63) is 33.3 Å². The highest BCUT2D eigenvalue weighted by Crippen LogP contribution is 2.34. The first-order valence-electron chi connectivity index (χ1n) is 6.29. The molecule has 1 saturated heterocycles. The topological polar surface area (TPSA) is 71.6 Å². The molecule has 0 saturated carbocycles. The number of hydrogen-bond acceptors (Lipinski definition) is 8. The fourth-order valence-electron chi connectivity index (χ4n) is 1.81. The Bertz CT molecular complexity index is 661. The Morgan fingerprint density at radius 1 is 1.38 bits per heavy atom. The Hall–Kier alpha value is -1.45. The fraction of sp³-hybridized carbons (Fsp3) is 0.333. The molecule has 0 atom stereocenters. The van der Waals surface area contributed by atoms with E-state index < -0.39 is 0 Å². The van der Waals surface area contributed by atoms with Gasteiger partial charge in [-0.25, -0.2) is 4.98 Å². The molecule has 0 bridgehead atoms. The van der Waals surface area contributed by atoms with Gasteiger partial charge in [-0.2, -0.15) is 16.9 Å². The van der Waals surface area contributed by atoms with Gasteiger partial charge in [0.15, 0.2) is 0 Å². The molecule has 9 heteroatoms. The molecule has 2 aromatic rings. The van der Waals surface area contributed by atoms with Crippen LogP contribution in [0.15, 0.2) is 22.6 Å². The first-order chi connectivity index (χ1) is 10.2. The number of nitrogens with zero attached hydrogens (tertiary/aromatic N) is 4. The molecule has 0 unspecified atom stereocenters. The van der Waals surface area contributed by atoms with Gasteiger partial charge in [-0.1, -0.05) is 11.3 Å². The molecule has 3 rings (SSSR count). The van der Waals surface area contributed by atoms with Gasteiger partial charge in [0.25, 0.3) is 0 Å². The van der Waals surface area contributed by atoms with Gasteiger partial charge in [0, 0.05) is 36.0 Å². The summed E-state index contributed by atoms with van der Waals surface area (Å²) in [7, 11) is 0. The molecule has 1 fully saturated rings. The van der Waals surface area contributed by atoms with Crippen LogP contribution in [0.1, 0.15) is 5.69 Å². The molecule has 1 aliphatic rings. The highest BCUT2D eigenvalue weighted by Gasteiger charge is 2.13. The molecule has 2 aromatic heterocycles. The maximum absolute atomic E-state index is 10.7. The Labute approximate surface area is 133 Å². The number of nitro groups is 1. The Morgan fingerprint density at radius 2 is 2.19 bits per heavy atom. The van der Waals surface area contributed by atoms with Crippen LogP contribution in [0.5, 0.6) is 0 Å². The van der Waals surface area contributed by atoms with Crippen LogP contribution in [0, 0.1) is 10.1 Å². The monoisotopic (exact) mass is 340 g/mol. The molecule has 1 aliphatic heterocycles. The molecule has 21 heavy (non-hydrogen) atoms. The van der Waals surface area contributed by atoms with Crippen molar-refractivity contribution in [2.75, 3.05) is 24.6 Å². The number of thiophene rings is 1. The van der Waals surface area contributed by atoms with Crippen molar-refractivity contribution in [1.29, 1.82) is 0 Å². The molecule has 3 heterocycles. The van der Waals surface area contributed by atoms with E-state index in [0.29, 0.717) is 0 Å². The van der Waals surface area contributed by atoms with E-state index in [0.717, 1.165) is 51.5 Å². The van der Waals surface area contributed by atoms with Gasteiger partial charge in [0.05, 0.1) is 21.7 Å². The third-order valence-corrected chi connectivity index (χ3v) is 5.85. The zero-order chi connectivity index (χ0) is 14.7. The summed E-state index contributed by atoms with van der Waals surface area (Å²) >= 11 is 4.57. The molecular formula is C12H12N4O2S3. The van der Waals surface area contributed by atoms with Gasteiger partial charge in [-0.15, -0.1) is 11.3 Å². The van der Waals surface area contributed by atoms with Gasteiger partial charge in [-0.05, 0) is 6.07 Å². The van der Waals surface area contributed by atoms with Crippen molar-refractivity contribution >= 4 is 45.7 Å². The number of thiazole rings is 1. The van der Waals surface area contributed by atoms with Crippen LogP contribution in [0.3, 0.4) is 0 Å². The normalized spacial score (nSPS) is 15.7. The summed E-state index contributed by atoms with van der Waals surface area (Å²) in [4.78, 5) is 15.6. The molecule has 0 amide bonds. The third-order valence-electron chi connectivity index (χ3n) is 2.85. The lowest BCUT2D eigenvalue weighted by atomic mass is 10.4. The summed E-state index contributed by atoms with van der Waals surface area (Å²) < 4.78 is 0. The lowest BCUT2D eigenvalue weighted by Gasteiger charge is -2.22. The van der Waals surface area contributed by atoms with Crippen LogP contribution in [-0.4, -0.2) is 45.7 Å². The summed E-state index contributed by atoms with van der Waals surface area (Å²) in [5.41, 5.74) is 0.796. The largest absolute Gasteiger partial charge is 0.324 e. The standard InChI is InChI=1S/C12H12N4O2S3/c17-16(18)11-2-1-10(21-11)12-14-9(8-20-12)7-13-15-3-5-19-6-4-15/h1-2,7-8H,3-6H2/b13-7-. The zero-order valence-electron chi connectivity index (χ0n) is 11.0. The Balaban J connectivity index is 1.70. The van der Waals surface area contributed by atoms with Gasteiger partial charge in [0.1, 0.15) is 5.01 Å². The van der Waals surface area contributed by atoms with Gasteiger partial charge in [-0.3, -0.25) is 15.1 Å². The number of aromatic nitrogens is 1. The van der Waals surface area contributed by atoms with Crippen LogP contribution in [0.4, 0.5) is 5.00 Å². The number of hydrazone groups is 1. The lowest BCUT2D eigenvalue weighted by Crippen LogP contribution is -2.27. The maximum atomic E-state index is 10.7. The summed E-state index contributed by atoms with van der Waals surface area (Å²) in [6, 6.07) is 3.25. The summed E-state index contributed by atoms with van der Waals surface area (Å²) in [5, 5.41) is 20.0. The first kappa shape index (κ1) is 14.5. The predicted molar refractivity (Wildman–Crippen MR) is 88.6 cm³/mol. The van der Waals surface area contributed by atoms with E-state index in [9.17, 15) is 10.1 Å². The quantitative estimate of drug-likeness (QED) is 0.486. The second-order valence-corrected chi connectivity index (χ2v) is 7.43. The molecule has 110 valence electrons. The minimum atomic E-state index is -0.376.